The lowest BCUT2D eigenvalue weighted by Crippen LogP contribution is -2.21. The molecule has 0 radical (unpaired) electrons. The summed E-state index contributed by atoms with van der Waals surface area (Å²) in [4.78, 5) is 30.1. The molecule has 1 aromatic carbocycles. The Morgan fingerprint density at radius 3 is 2.52 bits per heavy atom. The largest absolute Gasteiger partial charge is 0.344 e. The summed E-state index contributed by atoms with van der Waals surface area (Å²) in [6.07, 6.45) is 3.09. The van der Waals surface area contributed by atoms with Crippen molar-refractivity contribution < 1.29 is 9.59 Å². The van der Waals surface area contributed by atoms with Gasteiger partial charge in [-0.15, -0.1) is 0 Å². The standard InChI is InChI=1S/C16H16ClN3O2S/c1-10-14(15(22)20(2)3)23-16(18-10)19-13(21)9-6-11-4-7-12(17)8-5-11/h4-9H,1-3H3,(H,18,19,21). The molecule has 0 bridgehead atoms. The molecular weight excluding hydrogens is 334 g/mol. The van der Waals surface area contributed by atoms with E-state index in [1.54, 1.807) is 39.2 Å². The number of carbonyl (C=O) groups excluding carboxylic acids is 2. The molecule has 2 rings (SSSR count). The van der Waals surface area contributed by atoms with E-state index in [2.05, 4.69) is 10.3 Å². The van der Waals surface area contributed by atoms with Crippen LogP contribution in [-0.4, -0.2) is 35.8 Å². The Kier molecular flexibility index (Phi) is 5.52. The number of rotatable bonds is 4. The van der Waals surface area contributed by atoms with Crippen LogP contribution in [0.2, 0.25) is 5.02 Å². The molecule has 1 heterocycles. The van der Waals surface area contributed by atoms with Crippen molar-refractivity contribution in [2.45, 2.75) is 6.92 Å². The Hall–Kier alpha value is -2.18. The minimum Gasteiger partial charge on any atom is -0.344 e. The van der Waals surface area contributed by atoms with Gasteiger partial charge in [-0.1, -0.05) is 35.1 Å². The van der Waals surface area contributed by atoms with Crippen LogP contribution in [0.15, 0.2) is 30.3 Å². The van der Waals surface area contributed by atoms with Gasteiger partial charge in [-0.2, -0.15) is 0 Å². The molecule has 0 atom stereocenters. The highest BCUT2D eigenvalue weighted by molar-refractivity contribution is 7.17. The molecular formula is C16H16ClN3O2S. The molecule has 7 heteroatoms. The Morgan fingerprint density at radius 1 is 1.26 bits per heavy atom. The van der Waals surface area contributed by atoms with Crippen molar-refractivity contribution in [3.63, 3.8) is 0 Å². The highest BCUT2D eigenvalue weighted by atomic mass is 35.5. The van der Waals surface area contributed by atoms with Gasteiger partial charge in [-0.25, -0.2) is 4.98 Å². The third kappa shape index (κ3) is 4.64. The molecule has 1 aromatic heterocycles. The zero-order chi connectivity index (χ0) is 17.0. The first-order valence-corrected chi connectivity index (χ1v) is 8.00. The second-order valence-corrected chi connectivity index (χ2v) is 6.44. The first-order chi connectivity index (χ1) is 10.9. The van der Waals surface area contributed by atoms with Gasteiger partial charge in [0.05, 0.1) is 5.69 Å². The number of carbonyl (C=O) groups is 2. The predicted octanol–water partition coefficient (Wildman–Crippen LogP) is 3.46. The number of aromatic nitrogens is 1. The fraction of sp³-hybridized carbons (Fsp3) is 0.188. The molecule has 0 unspecified atom stereocenters. The second kappa shape index (κ2) is 7.39. The van der Waals surface area contributed by atoms with Crippen LogP contribution in [0.4, 0.5) is 5.13 Å². The maximum atomic E-state index is 12.0. The maximum absolute atomic E-state index is 12.0. The summed E-state index contributed by atoms with van der Waals surface area (Å²) < 4.78 is 0. The monoisotopic (exact) mass is 349 g/mol. The van der Waals surface area contributed by atoms with Crippen LogP contribution in [0.5, 0.6) is 0 Å². The molecule has 5 nitrogen and oxygen atoms in total. The number of hydrogen-bond donors (Lipinski definition) is 1. The Labute approximate surface area is 143 Å². The molecule has 120 valence electrons. The summed E-state index contributed by atoms with van der Waals surface area (Å²) in [7, 11) is 3.35. The zero-order valence-corrected chi connectivity index (χ0v) is 14.5. The number of benzene rings is 1. The van der Waals surface area contributed by atoms with E-state index in [0.29, 0.717) is 20.7 Å². The number of halogens is 1. The maximum Gasteiger partial charge on any atom is 0.265 e. The van der Waals surface area contributed by atoms with E-state index in [1.807, 2.05) is 12.1 Å². The van der Waals surface area contributed by atoms with Crippen molar-refractivity contribution in [2.24, 2.45) is 0 Å². The van der Waals surface area contributed by atoms with Crippen molar-refractivity contribution in [3.05, 3.63) is 51.5 Å². The average molecular weight is 350 g/mol. The van der Waals surface area contributed by atoms with Crippen LogP contribution in [0, 0.1) is 6.92 Å². The van der Waals surface area contributed by atoms with Gasteiger partial charge in [0, 0.05) is 25.2 Å². The summed E-state index contributed by atoms with van der Waals surface area (Å²) in [5.41, 5.74) is 1.47. The fourth-order valence-electron chi connectivity index (χ4n) is 1.74. The van der Waals surface area contributed by atoms with E-state index in [9.17, 15) is 9.59 Å². The molecule has 0 fully saturated rings. The van der Waals surface area contributed by atoms with Crippen LogP contribution >= 0.6 is 22.9 Å². The minimum absolute atomic E-state index is 0.128. The van der Waals surface area contributed by atoms with Gasteiger partial charge in [-0.3, -0.25) is 14.9 Å². The van der Waals surface area contributed by atoms with Crippen LogP contribution in [-0.2, 0) is 4.79 Å². The highest BCUT2D eigenvalue weighted by Gasteiger charge is 2.17. The highest BCUT2D eigenvalue weighted by Crippen LogP contribution is 2.23. The summed E-state index contributed by atoms with van der Waals surface area (Å²) in [6, 6.07) is 7.13. The first-order valence-electron chi connectivity index (χ1n) is 6.80. The smallest absolute Gasteiger partial charge is 0.265 e. The van der Waals surface area contributed by atoms with Gasteiger partial charge >= 0.3 is 0 Å². The van der Waals surface area contributed by atoms with E-state index >= 15 is 0 Å². The number of nitrogens with zero attached hydrogens (tertiary/aromatic N) is 2. The number of nitrogens with one attached hydrogen (secondary N) is 1. The van der Waals surface area contributed by atoms with E-state index < -0.39 is 0 Å². The van der Waals surface area contributed by atoms with Crippen molar-refractivity contribution in [1.29, 1.82) is 0 Å². The van der Waals surface area contributed by atoms with Gasteiger partial charge in [0.15, 0.2) is 5.13 Å². The van der Waals surface area contributed by atoms with E-state index in [1.165, 1.54) is 11.0 Å². The lowest BCUT2D eigenvalue weighted by Gasteiger charge is -2.07. The molecule has 0 aliphatic carbocycles. The molecule has 0 aliphatic rings. The minimum atomic E-state index is -0.308. The molecule has 0 aliphatic heterocycles. The molecule has 2 aromatic rings. The second-order valence-electron chi connectivity index (χ2n) is 5.01. The van der Waals surface area contributed by atoms with Crippen LogP contribution in [0.25, 0.3) is 6.08 Å². The van der Waals surface area contributed by atoms with Gasteiger partial charge in [-0.05, 0) is 30.7 Å². The Bertz CT molecular complexity index is 751. The van der Waals surface area contributed by atoms with Crippen LogP contribution < -0.4 is 5.32 Å². The third-order valence-electron chi connectivity index (χ3n) is 2.92. The van der Waals surface area contributed by atoms with Gasteiger partial charge < -0.3 is 4.90 Å². The zero-order valence-electron chi connectivity index (χ0n) is 13.0. The SMILES string of the molecule is Cc1nc(NC(=O)C=Cc2ccc(Cl)cc2)sc1C(=O)N(C)C. The fourth-order valence-corrected chi connectivity index (χ4v) is 2.86. The van der Waals surface area contributed by atoms with Crippen molar-refractivity contribution in [2.75, 3.05) is 19.4 Å². The van der Waals surface area contributed by atoms with E-state index in [4.69, 9.17) is 11.6 Å². The lowest BCUT2D eigenvalue weighted by molar-refractivity contribution is -0.111. The predicted molar refractivity (Wildman–Crippen MR) is 94.0 cm³/mol. The van der Waals surface area contributed by atoms with Crippen LogP contribution in [0.3, 0.4) is 0 Å². The first kappa shape index (κ1) is 17.2. The molecule has 23 heavy (non-hydrogen) atoms. The van der Waals surface area contributed by atoms with Crippen molar-refractivity contribution >= 4 is 46.0 Å². The molecule has 0 saturated heterocycles. The van der Waals surface area contributed by atoms with Crippen molar-refractivity contribution in [3.8, 4) is 0 Å². The lowest BCUT2D eigenvalue weighted by atomic mass is 10.2. The summed E-state index contributed by atoms with van der Waals surface area (Å²) in [5, 5.41) is 3.71. The van der Waals surface area contributed by atoms with Gasteiger partial charge in [0.1, 0.15) is 4.88 Å². The summed E-state index contributed by atoms with van der Waals surface area (Å²) >= 11 is 6.97. The Balaban J connectivity index is 2.04. The van der Waals surface area contributed by atoms with Gasteiger partial charge in [0.2, 0.25) is 5.91 Å². The van der Waals surface area contributed by atoms with Gasteiger partial charge in [0.25, 0.3) is 5.91 Å². The number of aryl methyl sites for hydroxylation is 1. The molecule has 2 amide bonds. The molecule has 1 N–H and O–H groups in total. The van der Waals surface area contributed by atoms with Crippen molar-refractivity contribution in [1.82, 2.24) is 9.88 Å². The number of anilines is 1. The third-order valence-corrected chi connectivity index (χ3v) is 4.24. The topological polar surface area (TPSA) is 62.3 Å². The van der Waals surface area contributed by atoms with Crippen LogP contribution in [0.1, 0.15) is 20.9 Å². The molecule has 0 spiro atoms. The quantitative estimate of drug-likeness (QED) is 0.860. The average Bonchev–Trinajstić information content (AvgIpc) is 2.86. The number of hydrogen-bond acceptors (Lipinski definition) is 4. The molecule has 0 saturated carbocycles. The Morgan fingerprint density at radius 2 is 1.91 bits per heavy atom. The van der Waals surface area contributed by atoms with E-state index in [-0.39, 0.29) is 11.8 Å². The summed E-state index contributed by atoms with van der Waals surface area (Å²) in [6.45, 7) is 1.74. The number of amides is 2. The van der Waals surface area contributed by atoms with E-state index in [0.717, 1.165) is 16.9 Å². The number of thiazole rings is 1. The normalized spacial score (nSPS) is 10.8. The summed E-state index contributed by atoms with van der Waals surface area (Å²) in [5.74, 6) is -0.435.